The maximum absolute atomic E-state index is 13.6. The summed E-state index contributed by atoms with van der Waals surface area (Å²) < 4.78 is 53.1. The van der Waals surface area contributed by atoms with Gasteiger partial charge in [-0.3, -0.25) is 4.79 Å². The summed E-state index contributed by atoms with van der Waals surface area (Å²) in [6, 6.07) is 8.27. The standard InChI is InChI=1S/C17H18F2N2O3S/c1-11(2)21(3)25(23,24)13-9-7-12(8-10-13)20-17(22)16-14(18)5-4-6-15(16)19/h4-11H,1-3H3,(H,20,22). The molecule has 2 rings (SSSR count). The minimum Gasteiger partial charge on any atom is -0.322 e. The predicted octanol–water partition coefficient (Wildman–Crippen LogP) is 3.25. The molecule has 0 atom stereocenters. The normalized spacial score (nSPS) is 11.8. The zero-order valence-electron chi connectivity index (χ0n) is 14.0. The van der Waals surface area contributed by atoms with Gasteiger partial charge in [0.1, 0.15) is 17.2 Å². The Balaban J connectivity index is 2.23. The number of nitrogens with zero attached hydrogens (tertiary/aromatic N) is 1. The van der Waals surface area contributed by atoms with E-state index >= 15 is 0 Å². The van der Waals surface area contributed by atoms with Crippen LogP contribution in [-0.2, 0) is 10.0 Å². The Morgan fingerprint density at radius 1 is 1.04 bits per heavy atom. The van der Waals surface area contributed by atoms with Crippen LogP contribution in [0.3, 0.4) is 0 Å². The first-order chi connectivity index (χ1) is 11.6. The summed E-state index contributed by atoms with van der Waals surface area (Å²) in [5.74, 6) is -2.91. The number of benzene rings is 2. The fraction of sp³-hybridized carbons (Fsp3) is 0.235. The van der Waals surface area contributed by atoms with Gasteiger partial charge in [-0.05, 0) is 50.2 Å². The average molecular weight is 368 g/mol. The number of rotatable bonds is 5. The van der Waals surface area contributed by atoms with Gasteiger partial charge in [0.15, 0.2) is 0 Å². The molecule has 0 aliphatic heterocycles. The van der Waals surface area contributed by atoms with Gasteiger partial charge in [0.05, 0.1) is 4.90 Å². The second-order valence-electron chi connectivity index (χ2n) is 5.69. The number of nitrogens with one attached hydrogen (secondary N) is 1. The molecule has 0 fully saturated rings. The highest BCUT2D eigenvalue weighted by atomic mass is 32.2. The molecule has 0 aliphatic rings. The summed E-state index contributed by atoms with van der Waals surface area (Å²) >= 11 is 0. The summed E-state index contributed by atoms with van der Waals surface area (Å²) in [4.78, 5) is 12.1. The van der Waals surface area contributed by atoms with Crippen molar-refractivity contribution in [3.63, 3.8) is 0 Å². The van der Waals surface area contributed by atoms with Gasteiger partial charge in [-0.15, -0.1) is 0 Å². The summed E-state index contributed by atoms with van der Waals surface area (Å²) in [6.07, 6.45) is 0. The van der Waals surface area contributed by atoms with Crippen molar-refractivity contribution in [2.75, 3.05) is 12.4 Å². The van der Waals surface area contributed by atoms with Crippen LogP contribution in [0.1, 0.15) is 24.2 Å². The topological polar surface area (TPSA) is 66.5 Å². The number of hydrogen-bond donors (Lipinski definition) is 1. The molecule has 0 heterocycles. The van der Waals surface area contributed by atoms with Gasteiger partial charge in [-0.25, -0.2) is 17.2 Å². The van der Waals surface area contributed by atoms with Crippen LogP contribution >= 0.6 is 0 Å². The van der Waals surface area contributed by atoms with Crippen molar-refractivity contribution in [1.29, 1.82) is 0 Å². The Kier molecular flexibility index (Phi) is 5.54. The highest BCUT2D eigenvalue weighted by Crippen LogP contribution is 2.20. The molecule has 0 saturated carbocycles. The maximum atomic E-state index is 13.6. The van der Waals surface area contributed by atoms with Gasteiger partial charge in [0, 0.05) is 18.8 Å². The summed E-state index contributed by atoms with van der Waals surface area (Å²) in [5, 5.41) is 2.34. The summed E-state index contributed by atoms with van der Waals surface area (Å²) in [7, 11) is -2.18. The Bertz CT molecular complexity index is 861. The Labute approximate surface area is 145 Å². The monoisotopic (exact) mass is 368 g/mol. The highest BCUT2D eigenvalue weighted by Gasteiger charge is 2.23. The van der Waals surface area contributed by atoms with E-state index < -0.39 is 33.1 Å². The molecule has 5 nitrogen and oxygen atoms in total. The van der Waals surface area contributed by atoms with E-state index in [1.165, 1.54) is 35.6 Å². The fourth-order valence-electron chi connectivity index (χ4n) is 2.06. The lowest BCUT2D eigenvalue weighted by Gasteiger charge is -2.21. The molecule has 2 aromatic carbocycles. The van der Waals surface area contributed by atoms with Crippen LogP contribution in [0.5, 0.6) is 0 Å². The lowest BCUT2D eigenvalue weighted by atomic mass is 10.2. The van der Waals surface area contributed by atoms with Crippen molar-refractivity contribution >= 4 is 21.6 Å². The molecular formula is C17H18F2N2O3S. The largest absolute Gasteiger partial charge is 0.322 e. The molecule has 0 unspecified atom stereocenters. The van der Waals surface area contributed by atoms with E-state index in [4.69, 9.17) is 0 Å². The quantitative estimate of drug-likeness (QED) is 0.881. The molecule has 0 spiro atoms. The third-order valence-electron chi connectivity index (χ3n) is 3.71. The van der Waals surface area contributed by atoms with Crippen molar-refractivity contribution < 1.29 is 22.0 Å². The van der Waals surface area contributed by atoms with E-state index in [1.807, 2.05) is 0 Å². The average Bonchev–Trinajstić information content (AvgIpc) is 2.54. The van der Waals surface area contributed by atoms with E-state index in [2.05, 4.69) is 5.32 Å². The van der Waals surface area contributed by atoms with Crippen molar-refractivity contribution in [2.45, 2.75) is 24.8 Å². The first kappa shape index (κ1) is 19.0. The van der Waals surface area contributed by atoms with Crippen LogP contribution in [0.25, 0.3) is 0 Å². The third kappa shape index (κ3) is 4.02. The SMILES string of the molecule is CC(C)N(C)S(=O)(=O)c1ccc(NC(=O)c2c(F)cccc2F)cc1. The molecule has 0 aromatic heterocycles. The first-order valence-electron chi connectivity index (χ1n) is 7.48. The zero-order valence-corrected chi connectivity index (χ0v) is 14.8. The van der Waals surface area contributed by atoms with Crippen LogP contribution in [0.15, 0.2) is 47.4 Å². The third-order valence-corrected chi connectivity index (χ3v) is 5.75. The number of anilines is 1. The number of halogens is 2. The smallest absolute Gasteiger partial charge is 0.261 e. The summed E-state index contributed by atoms with van der Waals surface area (Å²) in [6.45, 7) is 3.49. The van der Waals surface area contributed by atoms with Crippen LogP contribution in [0.2, 0.25) is 0 Å². The molecule has 0 saturated heterocycles. The molecule has 0 radical (unpaired) electrons. The molecular weight excluding hydrogens is 350 g/mol. The molecule has 1 amide bonds. The lowest BCUT2D eigenvalue weighted by molar-refractivity contribution is 0.101. The lowest BCUT2D eigenvalue weighted by Crippen LogP contribution is -2.33. The number of carbonyl (C=O) groups is 1. The van der Waals surface area contributed by atoms with E-state index in [9.17, 15) is 22.0 Å². The van der Waals surface area contributed by atoms with E-state index in [0.717, 1.165) is 18.2 Å². The van der Waals surface area contributed by atoms with Crippen LogP contribution in [-0.4, -0.2) is 31.7 Å². The molecule has 25 heavy (non-hydrogen) atoms. The van der Waals surface area contributed by atoms with Gasteiger partial charge in [-0.2, -0.15) is 4.31 Å². The molecule has 8 heteroatoms. The minimum atomic E-state index is -3.65. The maximum Gasteiger partial charge on any atom is 0.261 e. The summed E-state index contributed by atoms with van der Waals surface area (Å²) in [5.41, 5.74) is -0.474. The minimum absolute atomic E-state index is 0.0544. The van der Waals surface area contributed by atoms with Crippen LogP contribution < -0.4 is 5.32 Å². The number of amides is 1. The zero-order chi connectivity index (χ0) is 18.8. The molecule has 1 N–H and O–H groups in total. The van der Waals surface area contributed by atoms with Crippen LogP contribution in [0, 0.1) is 11.6 Å². The number of hydrogen-bond acceptors (Lipinski definition) is 3. The predicted molar refractivity (Wildman–Crippen MR) is 90.8 cm³/mol. The van der Waals surface area contributed by atoms with Gasteiger partial charge in [0.2, 0.25) is 10.0 Å². The van der Waals surface area contributed by atoms with E-state index in [-0.39, 0.29) is 16.6 Å². The van der Waals surface area contributed by atoms with Crippen molar-refractivity contribution in [2.24, 2.45) is 0 Å². The Morgan fingerprint density at radius 2 is 1.56 bits per heavy atom. The highest BCUT2D eigenvalue weighted by molar-refractivity contribution is 7.89. The second kappa shape index (κ2) is 7.28. The first-order valence-corrected chi connectivity index (χ1v) is 8.92. The molecule has 0 aliphatic carbocycles. The van der Waals surface area contributed by atoms with Crippen LogP contribution in [0.4, 0.5) is 14.5 Å². The Hall–Kier alpha value is -2.32. The fourth-order valence-corrected chi connectivity index (χ4v) is 3.43. The van der Waals surface area contributed by atoms with Crippen molar-refractivity contribution in [1.82, 2.24) is 4.31 Å². The van der Waals surface area contributed by atoms with E-state index in [0.29, 0.717) is 0 Å². The second-order valence-corrected chi connectivity index (χ2v) is 7.69. The molecule has 2 aromatic rings. The van der Waals surface area contributed by atoms with Crippen molar-refractivity contribution in [3.05, 3.63) is 59.7 Å². The van der Waals surface area contributed by atoms with Gasteiger partial charge < -0.3 is 5.32 Å². The molecule has 0 bridgehead atoms. The van der Waals surface area contributed by atoms with Crippen molar-refractivity contribution in [3.8, 4) is 0 Å². The van der Waals surface area contributed by atoms with Gasteiger partial charge >= 0.3 is 0 Å². The van der Waals surface area contributed by atoms with Gasteiger partial charge in [0.25, 0.3) is 5.91 Å². The van der Waals surface area contributed by atoms with E-state index in [1.54, 1.807) is 13.8 Å². The number of carbonyl (C=O) groups excluding carboxylic acids is 1. The number of sulfonamides is 1. The van der Waals surface area contributed by atoms with Gasteiger partial charge in [-0.1, -0.05) is 6.07 Å². The molecule has 134 valence electrons. The Morgan fingerprint density at radius 3 is 2.04 bits per heavy atom.